The van der Waals surface area contributed by atoms with Gasteiger partial charge in [0.1, 0.15) is 0 Å². The molecule has 2 rings (SSSR count). The van der Waals surface area contributed by atoms with Gasteiger partial charge in [-0.1, -0.05) is 6.07 Å². The van der Waals surface area contributed by atoms with E-state index >= 15 is 0 Å². The Hall–Kier alpha value is -1.82. The fraction of sp³-hybridized carbons (Fsp3) is 0.286. The summed E-state index contributed by atoms with van der Waals surface area (Å²) in [4.78, 5) is 4.29. The first-order chi connectivity index (χ1) is 9.45. The van der Waals surface area contributed by atoms with Crippen molar-refractivity contribution >= 4 is 27.6 Å². The van der Waals surface area contributed by atoms with E-state index in [2.05, 4.69) is 51.3 Å². The van der Waals surface area contributed by atoms with Crippen LogP contribution >= 0.6 is 15.9 Å². The third-order valence-corrected chi connectivity index (χ3v) is 3.70. The molecule has 0 fully saturated rings. The highest BCUT2D eigenvalue weighted by molar-refractivity contribution is 9.10. The zero-order valence-electron chi connectivity index (χ0n) is 11.8. The lowest BCUT2D eigenvalue weighted by molar-refractivity contribution is 0.743. The molecule has 0 spiro atoms. The van der Waals surface area contributed by atoms with Crippen molar-refractivity contribution in [2.45, 2.75) is 20.4 Å². The van der Waals surface area contributed by atoms with E-state index in [-0.39, 0.29) is 0 Å². The van der Waals surface area contributed by atoms with Crippen molar-refractivity contribution in [1.82, 2.24) is 9.78 Å². The minimum absolute atomic E-state index is 0.380. The summed E-state index contributed by atoms with van der Waals surface area (Å²) >= 11 is 3.44. The number of aryl methyl sites for hydroxylation is 3. The summed E-state index contributed by atoms with van der Waals surface area (Å²) in [5.41, 5.74) is 10.2. The van der Waals surface area contributed by atoms with Crippen LogP contribution in [0.4, 0.5) is 5.69 Å². The van der Waals surface area contributed by atoms with Crippen molar-refractivity contribution in [2.24, 2.45) is 17.8 Å². The minimum Gasteiger partial charge on any atom is -0.370 e. The molecule has 0 aliphatic heterocycles. The molecule has 0 bridgehead atoms. The molecule has 0 saturated carbocycles. The molecule has 0 radical (unpaired) electrons. The fourth-order valence-corrected chi connectivity index (χ4v) is 2.28. The number of guanidine groups is 1. The average Bonchev–Trinajstić information content (AvgIpc) is 2.70. The molecule has 106 valence electrons. The summed E-state index contributed by atoms with van der Waals surface area (Å²) < 4.78 is 2.67. The summed E-state index contributed by atoms with van der Waals surface area (Å²) in [6, 6.07) is 6.09. The van der Waals surface area contributed by atoms with Crippen molar-refractivity contribution < 1.29 is 0 Å². The maximum atomic E-state index is 5.89. The van der Waals surface area contributed by atoms with Crippen LogP contribution in [-0.4, -0.2) is 15.7 Å². The summed E-state index contributed by atoms with van der Waals surface area (Å²) in [5.74, 6) is 0.380. The first-order valence-electron chi connectivity index (χ1n) is 6.28. The number of anilines is 1. The van der Waals surface area contributed by atoms with Crippen LogP contribution in [0.3, 0.4) is 0 Å². The summed E-state index contributed by atoms with van der Waals surface area (Å²) in [5, 5.41) is 7.38. The number of benzene rings is 1. The number of hydrogen-bond acceptors (Lipinski definition) is 2. The van der Waals surface area contributed by atoms with Crippen molar-refractivity contribution in [3.05, 3.63) is 45.7 Å². The second-order valence-corrected chi connectivity index (χ2v) is 5.58. The van der Waals surface area contributed by atoms with Crippen LogP contribution in [-0.2, 0) is 13.6 Å². The molecule has 0 unspecified atom stereocenters. The number of nitrogens with two attached hydrogens (primary N) is 1. The van der Waals surface area contributed by atoms with E-state index in [9.17, 15) is 0 Å². The quantitative estimate of drug-likeness (QED) is 0.669. The zero-order chi connectivity index (χ0) is 14.7. The van der Waals surface area contributed by atoms with E-state index in [1.54, 1.807) is 4.68 Å². The molecule has 1 heterocycles. The molecule has 3 N–H and O–H groups in total. The number of halogens is 1. The maximum Gasteiger partial charge on any atom is 0.193 e. The van der Waals surface area contributed by atoms with Gasteiger partial charge in [-0.3, -0.25) is 4.68 Å². The molecule has 20 heavy (non-hydrogen) atoms. The van der Waals surface area contributed by atoms with Gasteiger partial charge in [0.05, 0.1) is 16.7 Å². The normalized spacial score (nSPS) is 11.7. The topological polar surface area (TPSA) is 68.2 Å². The second-order valence-electron chi connectivity index (χ2n) is 4.72. The van der Waals surface area contributed by atoms with E-state index in [0.29, 0.717) is 12.5 Å². The highest BCUT2D eigenvalue weighted by atomic mass is 79.9. The van der Waals surface area contributed by atoms with Gasteiger partial charge in [-0.2, -0.15) is 5.10 Å². The van der Waals surface area contributed by atoms with Gasteiger partial charge >= 0.3 is 0 Å². The highest BCUT2D eigenvalue weighted by Crippen LogP contribution is 2.16. The predicted octanol–water partition coefficient (Wildman–Crippen LogP) is 2.73. The molecule has 0 saturated heterocycles. The first kappa shape index (κ1) is 14.6. The number of nitrogens with zero attached hydrogens (tertiary/aromatic N) is 3. The lowest BCUT2D eigenvalue weighted by Gasteiger charge is -2.07. The Bertz CT molecular complexity index is 645. The smallest absolute Gasteiger partial charge is 0.193 e. The summed E-state index contributed by atoms with van der Waals surface area (Å²) in [7, 11) is 1.87. The van der Waals surface area contributed by atoms with Crippen LogP contribution in [0.1, 0.15) is 16.8 Å². The third-order valence-electron chi connectivity index (χ3n) is 3.03. The Labute approximate surface area is 127 Å². The molecule has 0 aliphatic rings. The molecule has 5 nitrogen and oxygen atoms in total. The predicted molar refractivity (Wildman–Crippen MR) is 85.8 cm³/mol. The van der Waals surface area contributed by atoms with Gasteiger partial charge in [-0.15, -0.1) is 0 Å². The fourth-order valence-electron chi connectivity index (χ4n) is 1.78. The number of hydrogen-bond donors (Lipinski definition) is 2. The Morgan fingerprint density at radius 3 is 2.75 bits per heavy atom. The van der Waals surface area contributed by atoms with Crippen LogP contribution in [0.2, 0.25) is 0 Å². The zero-order valence-corrected chi connectivity index (χ0v) is 13.4. The molecular weight excluding hydrogens is 318 g/mol. The third kappa shape index (κ3) is 3.60. The number of rotatable bonds is 3. The van der Waals surface area contributed by atoms with Gasteiger partial charge in [0, 0.05) is 18.9 Å². The molecule has 1 aromatic carbocycles. The standard InChI is InChI=1S/C14H18BrN5/c1-9-4-5-11(6-10(9)2)18-14(16)17-7-13-12(15)8-20(3)19-13/h4-6,8H,7H2,1-3H3,(H3,16,17,18). The first-order valence-corrected chi connectivity index (χ1v) is 7.07. The second kappa shape index (κ2) is 6.09. The summed E-state index contributed by atoms with van der Waals surface area (Å²) in [6.45, 7) is 4.58. The number of aliphatic imine (C=N–C) groups is 1. The Morgan fingerprint density at radius 1 is 1.40 bits per heavy atom. The SMILES string of the molecule is Cc1ccc(NC(N)=NCc2nn(C)cc2Br)cc1C. The van der Waals surface area contributed by atoms with Crippen LogP contribution in [0.25, 0.3) is 0 Å². The van der Waals surface area contributed by atoms with Crippen molar-refractivity contribution in [3.63, 3.8) is 0 Å². The maximum absolute atomic E-state index is 5.89. The van der Waals surface area contributed by atoms with Gasteiger partial charge in [-0.05, 0) is 53.0 Å². The molecular formula is C14H18BrN5. The van der Waals surface area contributed by atoms with Crippen LogP contribution in [0, 0.1) is 13.8 Å². The van der Waals surface area contributed by atoms with Gasteiger partial charge in [0.15, 0.2) is 5.96 Å². The monoisotopic (exact) mass is 335 g/mol. The minimum atomic E-state index is 0.380. The molecule has 2 aromatic rings. The molecule has 0 atom stereocenters. The largest absolute Gasteiger partial charge is 0.370 e. The lowest BCUT2D eigenvalue weighted by Crippen LogP contribution is -2.22. The lowest BCUT2D eigenvalue weighted by atomic mass is 10.1. The van der Waals surface area contributed by atoms with Gasteiger partial charge in [-0.25, -0.2) is 4.99 Å². The van der Waals surface area contributed by atoms with Crippen LogP contribution in [0.5, 0.6) is 0 Å². The summed E-state index contributed by atoms with van der Waals surface area (Å²) in [6.07, 6.45) is 1.89. The molecule has 0 amide bonds. The van der Waals surface area contributed by atoms with E-state index in [1.807, 2.05) is 25.4 Å². The Kier molecular flexibility index (Phi) is 4.44. The Balaban J connectivity index is 2.03. The van der Waals surface area contributed by atoms with E-state index in [0.717, 1.165) is 15.9 Å². The Morgan fingerprint density at radius 2 is 2.15 bits per heavy atom. The van der Waals surface area contributed by atoms with E-state index in [4.69, 9.17) is 5.73 Å². The van der Waals surface area contributed by atoms with Crippen LogP contribution in [0.15, 0.2) is 33.9 Å². The number of nitrogens with one attached hydrogen (secondary N) is 1. The van der Waals surface area contributed by atoms with Crippen molar-refractivity contribution in [2.75, 3.05) is 5.32 Å². The van der Waals surface area contributed by atoms with Crippen LogP contribution < -0.4 is 11.1 Å². The van der Waals surface area contributed by atoms with E-state index in [1.165, 1.54) is 11.1 Å². The van der Waals surface area contributed by atoms with Gasteiger partial charge < -0.3 is 11.1 Å². The molecule has 1 aromatic heterocycles. The van der Waals surface area contributed by atoms with Crippen molar-refractivity contribution in [3.8, 4) is 0 Å². The average molecular weight is 336 g/mol. The number of aromatic nitrogens is 2. The molecule has 0 aliphatic carbocycles. The van der Waals surface area contributed by atoms with Crippen molar-refractivity contribution in [1.29, 1.82) is 0 Å². The molecule has 6 heteroatoms. The highest BCUT2D eigenvalue weighted by Gasteiger charge is 2.04. The van der Waals surface area contributed by atoms with E-state index < -0.39 is 0 Å². The van der Waals surface area contributed by atoms with Gasteiger partial charge in [0.2, 0.25) is 0 Å². The van der Waals surface area contributed by atoms with Gasteiger partial charge in [0.25, 0.3) is 0 Å².